The van der Waals surface area contributed by atoms with Gasteiger partial charge in [0.25, 0.3) is 10.1 Å². The van der Waals surface area contributed by atoms with E-state index in [0.717, 1.165) is 34.1 Å². The Labute approximate surface area is 361 Å². The number of halogens is 1. The van der Waals surface area contributed by atoms with Gasteiger partial charge in [-0.1, -0.05) is 152 Å². The van der Waals surface area contributed by atoms with Crippen LogP contribution in [0.4, 0.5) is 4.39 Å². The largest absolute Gasteiger partial charge is 0.368 e. The van der Waals surface area contributed by atoms with Gasteiger partial charge in [0.05, 0.1) is 39.3 Å². The summed E-state index contributed by atoms with van der Waals surface area (Å²) >= 11 is 0. The molecule has 328 valence electrons. The van der Waals surface area contributed by atoms with Gasteiger partial charge in [-0.15, -0.1) is 0 Å². The van der Waals surface area contributed by atoms with Crippen LogP contribution >= 0.6 is 0 Å². The van der Waals surface area contributed by atoms with Crippen LogP contribution in [0.1, 0.15) is 34.1 Å². The Morgan fingerprint density at radius 2 is 0.952 bits per heavy atom. The second-order valence-corrected chi connectivity index (χ2v) is 17.0. The van der Waals surface area contributed by atoms with Crippen molar-refractivity contribution in [3.63, 3.8) is 0 Å². The average Bonchev–Trinajstić information content (AvgIpc) is 3.30. The second-order valence-electron chi connectivity index (χ2n) is 15.4. The summed E-state index contributed by atoms with van der Waals surface area (Å²) in [5, 5.41) is 0. The maximum Gasteiger partial charge on any atom is 0.264 e. The monoisotopic (exact) mass is 870 g/mol. The molecule has 3 fully saturated rings. The van der Waals surface area contributed by atoms with Gasteiger partial charge in [0, 0.05) is 5.56 Å². The maximum atomic E-state index is 15.2. The zero-order valence-corrected chi connectivity index (χ0v) is 35.0. The molecule has 3 saturated heterocycles. The van der Waals surface area contributed by atoms with Crippen molar-refractivity contribution in [3.8, 4) is 0 Å². The number of rotatable bonds is 18. The first-order valence-corrected chi connectivity index (χ1v) is 22.5. The van der Waals surface area contributed by atoms with E-state index in [1.54, 1.807) is 0 Å². The number of benzene rings is 5. The molecule has 12 nitrogen and oxygen atoms in total. The quantitative estimate of drug-likeness (QED) is 0.0826. The predicted molar refractivity (Wildman–Crippen MR) is 224 cm³/mol. The zero-order valence-electron chi connectivity index (χ0n) is 34.2. The molecular weight excluding hydrogens is 820 g/mol. The third-order valence-electron chi connectivity index (χ3n) is 10.8. The van der Waals surface area contributed by atoms with Gasteiger partial charge >= 0.3 is 0 Å². The zero-order chi connectivity index (χ0) is 42.7. The highest BCUT2D eigenvalue weighted by molar-refractivity contribution is 7.86. The molecule has 3 aliphatic rings. The minimum atomic E-state index is -4.15. The van der Waals surface area contributed by atoms with E-state index in [4.69, 9.17) is 46.8 Å². The van der Waals surface area contributed by atoms with E-state index >= 15 is 4.39 Å². The third-order valence-corrected chi connectivity index (χ3v) is 11.4. The van der Waals surface area contributed by atoms with Gasteiger partial charge in [0.1, 0.15) is 55.5 Å². The predicted octanol–water partition coefficient (Wildman–Crippen LogP) is 7.22. The van der Waals surface area contributed by atoms with Gasteiger partial charge < -0.3 is 42.6 Å². The van der Waals surface area contributed by atoms with E-state index in [1.165, 1.54) is 0 Å². The summed E-state index contributed by atoms with van der Waals surface area (Å²) in [4.78, 5) is 0. The molecule has 11 atom stereocenters. The summed E-state index contributed by atoms with van der Waals surface area (Å²) in [6.45, 7) is -0.603. The fourth-order valence-electron chi connectivity index (χ4n) is 7.80. The van der Waals surface area contributed by atoms with Gasteiger partial charge in [0.2, 0.25) is 0 Å². The molecule has 0 spiro atoms. The summed E-state index contributed by atoms with van der Waals surface area (Å²) in [6.07, 6.45) is -10.9. The molecule has 1 unspecified atom stereocenters. The second kappa shape index (κ2) is 21.3. The summed E-state index contributed by atoms with van der Waals surface area (Å²) in [5.41, 5.74) is 4.23. The van der Waals surface area contributed by atoms with Crippen molar-refractivity contribution in [2.75, 3.05) is 19.5 Å². The molecule has 0 aromatic heterocycles. The smallest absolute Gasteiger partial charge is 0.264 e. The molecule has 62 heavy (non-hydrogen) atoms. The Bertz CT molecular complexity index is 2190. The number of hydrogen-bond donors (Lipinski definition) is 0. The van der Waals surface area contributed by atoms with Gasteiger partial charge in [0.15, 0.2) is 18.9 Å². The normalized spacial score (nSPS) is 28.8. The topological polar surface area (TPSA) is 126 Å². The Hall–Kier alpha value is -4.42. The van der Waals surface area contributed by atoms with Crippen molar-refractivity contribution < 1.29 is 59.6 Å². The van der Waals surface area contributed by atoms with Crippen molar-refractivity contribution in [2.24, 2.45) is 0 Å². The summed E-state index contributed by atoms with van der Waals surface area (Å²) < 4.78 is 106. The van der Waals surface area contributed by atoms with Crippen LogP contribution in [-0.4, -0.2) is 89.4 Å². The highest BCUT2D eigenvalue weighted by atomic mass is 32.2. The fourth-order valence-corrected chi connectivity index (χ4v) is 8.43. The standard InChI is InChI=1S/C48H51FO12S/c1-62(50,51)61-41-38(27-49)57-47(45(55-31-36-23-13-5-14-24-36)43(41)53-29-34-19-9-3-10-20-34)60-48-44(54-30-35-21-11-4-12-22-35)42(52-28-33-17-7-2-8-18-33)40-39(58-48)32-56-46(59-40)37-25-15-6-16-26-37/h2-26,38-48H,27-32H2,1H3/t38-,39+,40+,41-,42-,43+,44+,45-,46?,47-,48+/m1/s1. The molecule has 0 saturated carbocycles. The van der Waals surface area contributed by atoms with Crippen LogP contribution in [0, 0.1) is 0 Å². The molecule has 0 radical (unpaired) electrons. The summed E-state index contributed by atoms with van der Waals surface area (Å²) in [5.74, 6) is 0. The maximum absolute atomic E-state index is 15.2. The van der Waals surface area contributed by atoms with Crippen LogP contribution in [0.15, 0.2) is 152 Å². The van der Waals surface area contributed by atoms with Gasteiger partial charge in [-0.25, -0.2) is 4.39 Å². The number of hydrogen-bond acceptors (Lipinski definition) is 12. The van der Waals surface area contributed by atoms with Crippen molar-refractivity contribution in [1.82, 2.24) is 0 Å². The van der Waals surface area contributed by atoms with Crippen molar-refractivity contribution in [3.05, 3.63) is 179 Å². The van der Waals surface area contributed by atoms with Crippen LogP contribution < -0.4 is 0 Å². The Balaban J connectivity index is 1.15. The van der Waals surface area contributed by atoms with Gasteiger partial charge in [-0.3, -0.25) is 4.18 Å². The Kier molecular flexibility index (Phi) is 15.2. The molecule has 0 aliphatic carbocycles. The minimum absolute atomic E-state index is 0.0191. The number of fused-ring (bicyclic) bond motifs is 1. The molecular formula is C48H51FO12S. The van der Waals surface area contributed by atoms with E-state index in [0.29, 0.717) is 0 Å². The van der Waals surface area contributed by atoms with Crippen LogP contribution in [0.25, 0.3) is 0 Å². The van der Waals surface area contributed by atoms with Crippen LogP contribution in [0.3, 0.4) is 0 Å². The van der Waals surface area contributed by atoms with E-state index in [9.17, 15) is 8.42 Å². The van der Waals surface area contributed by atoms with Crippen molar-refractivity contribution in [2.45, 2.75) is 94.1 Å². The SMILES string of the molecule is CS(=O)(=O)O[C@H]1[C@H](OCc2ccccc2)[C@@H](OCc2ccccc2)[C@@H](O[C@@H]2O[C@H]3COC(c4ccccc4)O[C@@H]3[C@@H](OCc3ccccc3)[C@@H]2OCc2ccccc2)O[C@@H]1CF. The molecule has 14 heteroatoms. The molecule has 3 heterocycles. The first kappa shape index (κ1) is 44.2. The molecule has 5 aromatic carbocycles. The minimum Gasteiger partial charge on any atom is -0.368 e. The first-order valence-electron chi connectivity index (χ1n) is 20.7. The van der Waals surface area contributed by atoms with E-state index in [-0.39, 0.29) is 33.0 Å². The molecule has 0 N–H and O–H groups in total. The van der Waals surface area contributed by atoms with Gasteiger partial charge in [-0.05, 0) is 22.3 Å². The lowest BCUT2D eigenvalue weighted by molar-refractivity contribution is -0.408. The van der Waals surface area contributed by atoms with Crippen LogP contribution in [-0.2, 0) is 83.4 Å². The van der Waals surface area contributed by atoms with Crippen LogP contribution in [0.2, 0.25) is 0 Å². The van der Waals surface area contributed by atoms with E-state index in [1.807, 2.05) is 152 Å². The molecule has 8 rings (SSSR count). The van der Waals surface area contributed by atoms with E-state index in [2.05, 4.69) is 0 Å². The van der Waals surface area contributed by atoms with Crippen LogP contribution in [0.5, 0.6) is 0 Å². The lowest BCUT2D eigenvalue weighted by Crippen LogP contribution is -2.66. The highest BCUT2D eigenvalue weighted by Crippen LogP contribution is 2.40. The molecule has 5 aromatic rings. The summed E-state index contributed by atoms with van der Waals surface area (Å²) in [7, 11) is -4.15. The molecule has 0 amide bonds. The fraction of sp³-hybridized carbons (Fsp3) is 0.375. The average molecular weight is 871 g/mol. The summed E-state index contributed by atoms with van der Waals surface area (Å²) in [6, 6.07) is 47.7. The Morgan fingerprint density at radius 1 is 0.532 bits per heavy atom. The first-order chi connectivity index (χ1) is 30.3. The Morgan fingerprint density at radius 3 is 1.42 bits per heavy atom. The van der Waals surface area contributed by atoms with Crippen molar-refractivity contribution >= 4 is 10.1 Å². The molecule has 3 aliphatic heterocycles. The highest BCUT2D eigenvalue weighted by Gasteiger charge is 2.56. The van der Waals surface area contributed by atoms with E-state index < -0.39 is 84.5 Å². The third kappa shape index (κ3) is 11.6. The molecule has 0 bridgehead atoms. The van der Waals surface area contributed by atoms with Crippen molar-refractivity contribution in [1.29, 1.82) is 0 Å². The number of alkyl halides is 1. The lowest BCUT2D eigenvalue weighted by Gasteiger charge is -2.51. The van der Waals surface area contributed by atoms with Gasteiger partial charge in [-0.2, -0.15) is 8.42 Å². The number of ether oxygens (including phenoxy) is 9. The lowest BCUT2D eigenvalue weighted by atomic mass is 9.96.